The highest BCUT2D eigenvalue weighted by Gasteiger charge is 2.35. The zero-order valence-corrected chi connectivity index (χ0v) is 13.6. The first-order chi connectivity index (χ1) is 12.1. The Morgan fingerprint density at radius 2 is 2.16 bits per heavy atom. The molecule has 0 aromatic heterocycles. The van der Waals surface area contributed by atoms with Crippen molar-refractivity contribution in [1.29, 1.82) is 0 Å². The van der Waals surface area contributed by atoms with Crippen LogP contribution < -0.4 is 9.64 Å². The molecule has 2 aromatic carbocycles. The Hall–Kier alpha value is -2.64. The minimum absolute atomic E-state index is 0.0621. The third kappa shape index (κ3) is 2.61. The zero-order valence-electron chi connectivity index (χ0n) is 12.8. The second-order valence-corrected chi connectivity index (χ2v) is 6.10. The van der Waals surface area contributed by atoms with Crippen molar-refractivity contribution in [2.45, 2.75) is 13.2 Å². The van der Waals surface area contributed by atoms with Gasteiger partial charge in [-0.05, 0) is 30.3 Å². The monoisotopic (exact) mass is 362 g/mol. The van der Waals surface area contributed by atoms with Crippen molar-refractivity contribution in [3.05, 3.63) is 57.9 Å². The van der Waals surface area contributed by atoms with Gasteiger partial charge >= 0.3 is 0 Å². The minimum atomic E-state index is -0.496. The van der Waals surface area contributed by atoms with Crippen molar-refractivity contribution in [3.8, 4) is 5.75 Å². The van der Waals surface area contributed by atoms with E-state index in [0.717, 1.165) is 0 Å². The van der Waals surface area contributed by atoms with E-state index in [4.69, 9.17) is 21.1 Å². The van der Waals surface area contributed by atoms with E-state index in [0.29, 0.717) is 33.1 Å². The SMILES string of the molecule is O=C1/C(=N\O)c2cc(Cl)ccc2N1Cc1cc(F)cc2c1OCOC2. The average molecular weight is 363 g/mol. The Balaban J connectivity index is 1.78. The summed E-state index contributed by atoms with van der Waals surface area (Å²) < 4.78 is 24.6. The second kappa shape index (κ2) is 6.02. The number of hydrogen-bond acceptors (Lipinski definition) is 5. The molecular weight excluding hydrogens is 351 g/mol. The summed E-state index contributed by atoms with van der Waals surface area (Å²) in [6.45, 7) is 0.366. The molecule has 4 rings (SSSR count). The number of halogens is 2. The van der Waals surface area contributed by atoms with Gasteiger partial charge in [0.1, 0.15) is 11.6 Å². The number of fused-ring (bicyclic) bond motifs is 2. The van der Waals surface area contributed by atoms with Crippen LogP contribution in [0.15, 0.2) is 35.5 Å². The predicted molar refractivity (Wildman–Crippen MR) is 87.6 cm³/mol. The van der Waals surface area contributed by atoms with E-state index in [1.807, 2.05) is 0 Å². The summed E-state index contributed by atoms with van der Waals surface area (Å²) in [6.07, 6.45) is 0. The third-order valence-electron chi connectivity index (χ3n) is 4.13. The molecule has 2 aliphatic heterocycles. The van der Waals surface area contributed by atoms with Crippen LogP contribution in [0.25, 0.3) is 0 Å². The molecule has 0 unspecified atom stereocenters. The molecule has 25 heavy (non-hydrogen) atoms. The van der Waals surface area contributed by atoms with E-state index in [1.165, 1.54) is 17.0 Å². The average Bonchev–Trinajstić information content (AvgIpc) is 2.85. The molecule has 0 aliphatic carbocycles. The molecule has 2 heterocycles. The Bertz CT molecular complexity index is 916. The zero-order chi connectivity index (χ0) is 17.6. The molecule has 2 aliphatic rings. The van der Waals surface area contributed by atoms with Crippen molar-refractivity contribution < 1.29 is 23.9 Å². The number of nitrogens with zero attached hydrogens (tertiary/aromatic N) is 2. The summed E-state index contributed by atoms with van der Waals surface area (Å²) >= 11 is 5.97. The number of carbonyl (C=O) groups excluding carboxylic acids is 1. The number of ether oxygens (including phenoxy) is 2. The molecular formula is C17H12ClFN2O4. The van der Waals surface area contributed by atoms with Crippen LogP contribution in [0.2, 0.25) is 5.02 Å². The first-order valence-electron chi connectivity index (χ1n) is 7.44. The summed E-state index contributed by atoms with van der Waals surface area (Å²) in [5, 5.41) is 12.7. The lowest BCUT2D eigenvalue weighted by molar-refractivity contribution is -0.112. The van der Waals surface area contributed by atoms with Gasteiger partial charge in [0.25, 0.3) is 5.91 Å². The molecule has 0 fully saturated rings. The molecule has 8 heteroatoms. The highest BCUT2D eigenvalue weighted by atomic mass is 35.5. The van der Waals surface area contributed by atoms with E-state index in [9.17, 15) is 14.4 Å². The van der Waals surface area contributed by atoms with E-state index in [1.54, 1.807) is 18.2 Å². The smallest absolute Gasteiger partial charge is 0.281 e. The van der Waals surface area contributed by atoms with Crippen molar-refractivity contribution in [1.82, 2.24) is 0 Å². The van der Waals surface area contributed by atoms with Gasteiger partial charge in [-0.2, -0.15) is 0 Å². The van der Waals surface area contributed by atoms with Crippen LogP contribution in [0.3, 0.4) is 0 Å². The predicted octanol–water partition coefficient (Wildman–Crippen LogP) is 3.07. The molecule has 1 amide bonds. The fourth-order valence-corrected chi connectivity index (χ4v) is 3.26. The number of hydrogen-bond donors (Lipinski definition) is 1. The van der Waals surface area contributed by atoms with Gasteiger partial charge in [0.15, 0.2) is 12.5 Å². The first-order valence-corrected chi connectivity index (χ1v) is 7.82. The highest BCUT2D eigenvalue weighted by Crippen LogP contribution is 2.36. The first kappa shape index (κ1) is 15.9. The molecule has 6 nitrogen and oxygen atoms in total. The molecule has 0 saturated carbocycles. The van der Waals surface area contributed by atoms with Gasteiger partial charge in [0.2, 0.25) is 0 Å². The van der Waals surface area contributed by atoms with E-state index < -0.39 is 11.7 Å². The maximum absolute atomic E-state index is 13.9. The number of amides is 1. The van der Waals surface area contributed by atoms with E-state index in [2.05, 4.69) is 5.16 Å². The maximum atomic E-state index is 13.9. The topological polar surface area (TPSA) is 71.4 Å². The fourth-order valence-electron chi connectivity index (χ4n) is 3.08. The van der Waals surface area contributed by atoms with Gasteiger partial charge in [-0.3, -0.25) is 4.79 Å². The summed E-state index contributed by atoms with van der Waals surface area (Å²) in [5.74, 6) is -0.433. The van der Waals surface area contributed by atoms with Crippen molar-refractivity contribution in [2.75, 3.05) is 11.7 Å². The van der Waals surface area contributed by atoms with Gasteiger partial charge in [-0.25, -0.2) is 4.39 Å². The summed E-state index contributed by atoms with van der Waals surface area (Å²) in [4.78, 5) is 14.0. The number of carbonyl (C=O) groups is 1. The second-order valence-electron chi connectivity index (χ2n) is 5.67. The Kier molecular flexibility index (Phi) is 3.82. The number of oxime groups is 1. The lowest BCUT2D eigenvalue weighted by Crippen LogP contribution is -2.30. The molecule has 0 radical (unpaired) electrons. The maximum Gasteiger partial charge on any atom is 0.281 e. The van der Waals surface area contributed by atoms with Crippen LogP contribution in [-0.4, -0.2) is 23.6 Å². The standard InChI is InChI=1S/C17H12ClFN2O4/c18-11-1-2-14-13(5-11)15(20-23)17(22)21(14)6-9-3-12(19)4-10-7-24-8-25-16(9)10/h1-5,23H,6-8H2/b20-15-. The Morgan fingerprint density at radius 1 is 1.32 bits per heavy atom. The number of anilines is 1. The molecule has 0 spiro atoms. The van der Waals surface area contributed by atoms with Crippen LogP contribution in [0.4, 0.5) is 10.1 Å². The van der Waals surface area contributed by atoms with Crippen LogP contribution in [-0.2, 0) is 22.7 Å². The fraction of sp³-hybridized carbons (Fsp3) is 0.176. The molecule has 128 valence electrons. The van der Waals surface area contributed by atoms with E-state index >= 15 is 0 Å². The van der Waals surface area contributed by atoms with E-state index in [-0.39, 0.29) is 25.7 Å². The molecule has 2 aromatic rings. The number of benzene rings is 2. The van der Waals surface area contributed by atoms with Gasteiger partial charge in [0, 0.05) is 21.7 Å². The van der Waals surface area contributed by atoms with Crippen molar-refractivity contribution in [2.24, 2.45) is 5.16 Å². The molecule has 0 atom stereocenters. The lowest BCUT2D eigenvalue weighted by atomic mass is 10.1. The summed E-state index contributed by atoms with van der Waals surface area (Å²) in [7, 11) is 0. The molecule has 1 N–H and O–H groups in total. The highest BCUT2D eigenvalue weighted by molar-refractivity contribution is 6.54. The molecule has 0 saturated heterocycles. The van der Waals surface area contributed by atoms with Gasteiger partial charge < -0.3 is 19.6 Å². The summed E-state index contributed by atoms with van der Waals surface area (Å²) in [5.41, 5.74) is 1.95. The van der Waals surface area contributed by atoms with Crippen LogP contribution in [0.1, 0.15) is 16.7 Å². The Labute approximate surface area is 147 Å². The summed E-state index contributed by atoms with van der Waals surface area (Å²) in [6, 6.07) is 7.50. The Morgan fingerprint density at radius 3 is 2.96 bits per heavy atom. The molecule has 0 bridgehead atoms. The normalized spacial score (nSPS) is 17.4. The van der Waals surface area contributed by atoms with Crippen LogP contribution >= 0.6 is 11.6 Å². The van der Waals surface area contributed by atoms with Crippen molar-refractivity contribution >= 4 is 28.9 Å². The minimum Gasteiger partial charge on any atom is -0.467 e. The van der Waals surface area contributed by atoms with Gasteiger partial charge in [-0.15, -0.1) is 0 Å². The third-order valence-corrected chi connectivity index (χ3v) is 4.37. The van der Waals surface area contributed by atoms with Crippen LogP contribution in [0, 0.1) is 5.82 Å². The van der Waals surface area contributed by atoms with Gasteiger partial charge in [0.05, 0.1) is 18.8 Å². The quantitative estimate of drug-likeness (QED) is 0.658. The van der Waals surface area contributed by atoms with Gasteiger partial charge in [-0.1, -0.05) is 16.8 Å². The van der Waals surface area contributed by atoms with Crippen LogP contribution in [0.5, 0.6) is 5.75 Å². The largest absolute Gasteiger partial charge is 0.467 e. The lowest BCUT2D eigenvalue weighted by Gasteiger charge is -2.23. The number of rotatable bonds is 2. The van der Waals surface area contributed by atoms with Crippen molar-refractivity contribution in [3.63, 3.8) is 0 Å².